The second-order valence-corrected chi connectivity index (χ2v) is 4.43. The van der Waals surface area contributed by atoms with Gasteiger partial charge < -0.3 is 10.6 Å². The van der Waals surface area contributed by atoms with Crippen molar-refractivity contribution in [3.8, 4) is 0 Å². The molecule has 3 nitrogen and oxygen atoms in total. The lowest BCUT2D eigenvalue weighted by Gasteiger charge is -2.12. The minimum Gasteiger partial charge on any atom is -0.366 e. The predicted octanol–water partition coefficient (Wildman–Crippen LogP) is 1.61. The van der Waals surface area contributed by atoms with Crippen molar-refractivity contribution in [3.05, 3.63) is 16.1 Å². The Morgan fingerprint density at radius 1 is 1.69 bits per heavy atom. The number of nitrogens with one attached hydrogen (secondary N) is 2. The van der Waals surface area contributed by atoms with E-state index in [1.165, 1.54) is 4.88 Å². The highest BCUT2D eigenvalue weighted by atomic mass is 32.1. The summed E-state index contributed by atoms with van der Waals surface area (Å²) >= 11 is 6.68. The Morgan fingerprint density at radius 3 is 2.85 bits per heavy atom. The van der Waals surface area contributed by atoms with Gasteiger partial charge >= 0.3 is 0 Å². The SMILES string of the molecule is CNC(=S)NC(C)c1ncc(C)s1. The van der Waals surface area contributed by atoms with Crippen molar-refractivity contribution in [2.45, 2.75) is 19.9 Å². The molecule has 0 aromatic carbocycles. The van der Waals surface area contributed by atoms with E-state index >= 15 is 0 Å². The van der Waals surface area contributed by atoms with E-state index in [-0.39, 0.29) is 6.04 Å². The van der Waals surface area contributed by atoms with Crippen molar-refractivity contribution in [1.29, 1.82) is 0 Å². The molecule has 1 atom stereocenters. The van der Waals surface area contributed by atoms with Gasteiger partial charge in [-0.05, 0) is 26.1 Å². The Hall–Kier alpha value is -0.680. The number of thiocarbonyl (C=S) groups is 1. The van der Waals surface area contributed by atoms with Gasteiger partial charge in [0.25, 0.3) is 0 Å². The molecule has 1 aromatic rings. The normalized spacial score (nSPS) is 12.2. The van der Waals surface area contributed by atoms with Gasteiger partial charge in [-0.1, -0.05) is 0 Å². The monoisotopic (exact) mass is 215 g/mol. The van der Waals surface area contributed by atoms with Gasteiger partial charge in [-0.15, -0.1) is 11.3 Å². The molecule has 2 N–H and O–H groups in total. The fraction of sp³-hybridized carbons (Fsp3) is 0.500. The molecule has 0 amide bonds. The Bertz CT molecular complexity index is 295. The van der Waals surface area contributed by atoms with Crippen LogP contribution in [0.4, 0.5) is 0 Å². The molecule has 13 heavy (non-hydrogen) atoms. The third kappa shape index (κ3) is 2.93. The highest BCUT2D eigenvalue weighted by Crippen LogP contribution is 2.18. The highest BCUT2D eigenvalue weighted by molar-refractivity contribution is 7.80. The molecule has 0 aliphatic rings. The molecule has 0 spiro atoms. The fourth-order valence-corrected chi connectivity index (χ4v) is 1.86. The van der Waals surface area contributed by atoms with Crippen LogP contribution in [0.5, 0.6) is 0 Å². The number of aryl methyl sites for hydroxylation is 1. The van der Waals surface area contributed by atoms with Crippen LogP contribution in [0.15, 0.2) is 6.20 Å². The lowest BCUT2D eigenvalue weighted by atomic mass is 10.4. The lowest BCUT2D eigenvalue weighted by Crippen LogP contribution is -2.34. The smallest absolute Gasteiger partial charge is 0.166 e. The van der Waals surface area contributed by atoms with Crippen molar-refractivity contribution in [3.63, 3.8) is 0 Å². The summed E-state index contributed by atoms with van der Waals surface area (Å²) in [6.45, 7) is 4.09. The van der Waals surface area contributed by atoms with Crippen LogP contribution in [-0.2, 0) is 0 Å². The van der Waals surface area contributed by atoms with Crippen molar-refractivity contribution in [2.75, 3.05) is 7.05 Å². The topological polar surface area (TPSA) is 37.0 Å². The van der Waals surface area contributed by atoms with Crippen LogP contribution >= 0.6 is 23.6 Å². The maximum atomic E-state index is 4.99. The zero-order valence-electron chi connectivity index (χ0n) is 7.92. The minimum atomic E-state index is 0.179. The third-order valence-corrected chi connectivity index (χ3v) is 3.00. The molecular formula is C8H13N3S2. The summed E-state index contributed by atoms with van der Waals surface area (Å²) in [6.07, 6.45) is 1.88. The first-order chi connectivity index (χ1) is 6.13. The Labute approximate surface area is 87.6 Å². The van der Waals surface area contributed by atoms with E-state index in [4.69, 9.17) is 12.2 Å². The number of aromatic nitrogens is 1. The summed E-state index contributed by atoms with van der Waals surface area (Å²) in [5, 5.41) is 7.72. The van der Waals surface area contributed by atoms with E-state index in [2.05, 4.69) is 15.6 Å². The summed E-state index contributed by atoms with van der Waals surface area (Å²) in [6, 6.07) is 0.179. The average molecular weight is 215 g/mol. The van der Waals surface area contributed by atoms with Crippen LogP contribution in [0.1, 0.15) is 22.9 Å². The second-order valence-electron chi connectivity index (χ2n) is 2.75. The Balaban J connectivity index is 2.58. The number of thiazole rings is 1. The Kier molecular flexibility index (Phi) is 3.62. The first-order valence-corrected chi connectivity index (χ1v) is 5.26. The van der Waals surface area contributed by atoms with Crippen LogP contribution in [0, 0.1) is 6.92 Å². The maximum Gasteiger partial charge on any atom is 0.166 e. The van der Waals surface area contributed by atoms with Crippen LogP contribution in [0.3, 0.4) is 0 Å². The average Bonchev–Trinajstić information content (AvgIpc) is 2.51. The van der Waals surface area contributed by atoms with Crippen LogP contribution in [0.25, 0.3) is 0 Å². The summed E-state index contributed by atoms with van der Waals surface area (Å²) in [4.78, 5) is 5.49. The van der Waals surface area contributed by atoms with Crippen LogP contribution in [-0.4, -0.2) is 17.1 Å². The fourth-order valence-electron chi connectivity index (χ4n) is 0.903. The first kappa shape index (κ1) is 10.4. The molecule has 0 bridgehead atoms. The summed E-state index contributed by atoms with van der Waals surface area (Å²) in [5.41, 5.74) is 0. The molecule has 72 valence electrons. The zero-order chi connectivity index (χ0) is 9.84. The molecular weight excluding hydrogens is 202 g/mol. The molecule has 0 aliphatic heterocycles. The van der Waals surface area contributed by atoms with Gasteiger partial charge in [0.1, 0.15) is 5.01 Å². The molecule has 0 saturated carbocycles. The van der Waals surface area contributed by atoms with Crippen molar-refractivity contribution < 1.29 is 0 Å². The third-order valence-electron chi connectivity index (χ3n) is 1.58. The molecule has 1 rings (SSSR count). The van der Waals surface area contributed by atoms with E-state index in [9.17, 15) is 0 Å². The maximum absolute atomic E-state index is 4.99. The number of hydrogen-bond donors (Lipinski definition) is 2. The van der Waals surface area contributed by atoms with Gasteiger partial charge in [-0.2, -0.15) is 0 Å². The van der Waals surface area contributed by atoms with Gasteiger partial charge in [0.05, 0.1) is 6.04 Å². The molecule has 1 aromatic heterocycles. The van der Waals surface area contributed by atoms with E-state index in [1.807, 2.05) is 20.0 Å². The van der Waals surface area contributed by atoms with Crippen molar-refractivity contribution in [1.82, 2.24) is 15.6 Å². The molecule has 0 saturated heterocycles. The largest absolute Gasteiger partial charge is 0.366 e. The quantitative estimate of drug-likeness (QED) is 0.735. The van der Waals surface area contributed by atoms with Gasteiger partial charge in [-0.25, -0.2) is 4.98 Å². The standard InChI is InChI=1S/C8H13N3S2/c1-5-4-10-7(13-5)6(2)11-8(12)9-3/h4,6H,1-3H3,(H2,9,11,12). The summed E-state index contributed by atoms with van der Waals surface area (Å²) in [7, 11) is 1.80. The lowest BCUT2D eigenvalue weighted by molar-refractivity contribution is 0.703. The summed E-state index contributed by atoms with van der Waals surface area (Å²) < 4.78 is 0. The zero-order valence-corrected chi connectivity index (χ0v) is 9.55. The van der Waals surface area contributed by atoms with Crippen molar-refractivity contribution in [2.24, 2.45) is 0 Å². The number of hydrogen-bond acceptors (Lipinski definition) is 3. The number of nitrogens with zero attached hydrogens (tertiary/aromatic N) is 1. The molecule has 1 heterocycles. The van der Waals surface area contributed by atoms with Gasteiger partial charge in [0.2, 0.25) is 0 Å². The molecule has 1 unspecified atom stereocenters. The second kappa shape index (κ2) is 4.53. The van der Waals surface area contributed by atoms with Gasteiger partial charge in [0, 0.05) is 18.1 Å². The van der Waals surface area contributed by atoms with Crippen LogP contribution in [0.2, 0.25) is 0 Å². The molecule has 0 aliphatic carbocycles. The van der Waals surface area contributed by atoms with E-state index < -0.39 is 0 Å². The van der Waals surface area contributed by atoms with E-state index in [0.717, 1.165) is 5.01 Å². The molecule has 0 radical (unpaired) electrons. The minimum absolute atomic E-state index is 0.179. The van der Waals surface area contributed by atoms with Gasteiger partial charge in [0.15, 0.2) is 5.11 Å². The Morgan fingerprint density at radius 2 is 2.38 bits per heavy atom. The number of rotatable bonds is 2. The molecule has 0 fully saturated rings. The molecule has 5 heteroatoms. The van der Waals surface area contributed by atoms with Gasteiger partial charge in [-0.3, -0.25) is 0 Å². The first-order valence-electron chi connectivity index (χ1n) is 4.04. The summed E-state index contributed by atoms with van der Waals surface area (Å²) in [5.74, 6) is 0. The highest BCUT2D eigenvalue weighted by Gasteiger charge is 2.09. The van der Waals surface area contributed by atoms with E-state index in [1.54, 1.807) is 18.4 Å². The predicted molar refractivity (Wildman–Crippen MR) is 60.1 cm³/mol. The van der Waals surface area contributed by atoms with E-state index in [0.29, 0.717) is 5.11 Å². The van der Waals surface area contributed by atoms with Crippen molar-refractivity contribution >= 4 is 28.7 Å². The van der Waals surface area contributed by atoms with Crippen LogP contribution < -0.4 is 10.6 Å².